The summed E-state index contributed by atoms with van der Waals surface area (Å²) in [6, 6.07) is 0. The van der Waals surface area contributed by atoms with Crippen LogP contribution in [-0.4, -0.2) is 44.3 Å². The molecule has 98 valence electrons. The van der Waals surface area contributed by atoms with Gasteiger partial charge in [-0.05, 0) is 51.7 Å². The van der Waals surface area contributed by atoms with E-state index in [0.717, 1.165) is 32.4 Å². The zero-order valence-electron chi connectivity index (χ0n) is 11.4. The van der Waals surface area contributed by atoms with Crippen molar-refractivity contribution in [3.63, 3.8) is 0 Å². The van der Waals surface area contributed by atoms with Gasteiger partial charge in [0.1, 0.15) is 0 Å². The monoisotopic (exact) mass is 230 g/mol. The largest absolute Gasteiger partial charge is 0.381 e. The molecule has 0 aromatic heterocycles. The van der Waals surface area contributed by atoms with Gasteiger partial charge in [0.05, 0.1) is 6.10 Å². The average molecular weight is 230 g/mol. The molecule has 1 unspecified atom stereocenters. The van der Waals surface area contributed by atoms with Gasteiger partial charge in [-0.15, -0.1) is 0 Å². The predicted octanol–water partition coefficient (Wildman–Crippen LogP) is 2.25. The molecule has 0 saturated heterocycles. The highest BCUT2D eigenvalue weighted by Gasteiger charge is 2.09. The van der Waals surface area contributed by atoms with Crippen LogP contribution in [0.1, 0.15) is 46.0 Å². The molecule has 0 fully saturated rings. The second kappa shape index (κ2) is 11.4. The summed E-state index contributed by atoms with van der Waals surface area (Å²) in [6.45, 7) is 8.83. The lowest BCUT2D eigenvalue weighted by Crippen LogP contribution is -2.29. The summed E-state index contributed by atoms with van der Waals surface area (Å²) in [6.07, 6.45) is 6.16. The highest BCUT2D eigenvalue weighted by Crippen LogP contribution is 2.07. The van der Waals surface area contributed by atoms with Crippen LogP contribution in [0.4, 0.5) is 0 Å². The molecule has 0 spiro atoms. The van der Waals surface area contributed by atoms with Crippen LogP contribution < -0.4 is 5.73 Å². The van der Waals surface area contributed by atoms with Crippen LogP contribution in [0.3, 0.4) is 0 Å². The number of hydrogen-bond donors (Lipinski definition) is 1. The van der Waals surface area contributed by atoms with Crippen molar-refractivity contribution in [1.29, 1.82) is 0 Å². The molecule has 0 aliphatic heterocycles. The van der Waals surface area contributed by atoms with Crippen molar-refractivity contribution in [1.82, 2.24) is 4.90 Å². The van der Waals surface area contributed by atoms with Crippen LogP contribution in [0.5, 0.6) is 0 Å². The van der Waals surface area contributed by atoms with Gasteiger partial charge in [-0.2, -0.15) is 0 Å². The van der Waals surface area contributed by atoms with E-state index in [9.17, 15) is 0 Å². The van der Waals surface area contributed by atoms with E-state index in [-0.39, 0.29) is 0 Å². The summed E-state index contributed by atoms with van der Waals surface area (Å²) in [5.41, 5.74) is 5.52. The number of nitrogens with two attached hydrogens (primary N) is 1. The molecule has 0 amide bonds. The van der Waals surface area contributed by atoms with Crippen molar-refractivity contribution in [2.75, 3.05) is 33.3 Å². The van der Waals surface area contributed by atoms with E-state index in [4.69, 9.17) is 10.5 Å². The third-order valence-electron chi connectivity index (χ3n) is 2.91. The van der Waals surface area contributed by atoms with Crippen LogP contribution in [0, 0.1) is 0 Å². The molecule has 0 saturated carbocycles. The number of nitrogens with zero attached hydrogens (tertiary/aromatic N) is 1. The van der Waals surface area contributed by atoms with E-state index in [1.807, 2.05) is 7.11 Å². The summed E-state index contributed by atoms with van der Waals surface area (Å²) in [7, 11) is 1.81. The first-order chi connectivity index (χ1) is 7.78. The zero-order chi connectivity index (χ0) is 12.2. The molecule has 0 heterocycles. The van der Waals surface area contributed by atoms with E-state index >= 15 is 0 Å². The molecule has 0 radical (unpaired) electrons. The maximum Gasteiger partial charge on any atom is 0.0584 e. The maximum atomic E-state index is 5.52. The Kier molecular flexibility index (Phi) is 11.3. The molecule has 3 heteroatoms. The minimum absolute atomic E-state index is 0.389. The summed E-state index contributed by atoms with van der Waals surface area (Å²) >= 11 is 0. The van der Waals surface area contributed by atoms with Gasteiger partial charge in [0.15, 0.2) is 0 Å². The van der Waals surface area contributed by atoms with E-state index < -0.39 is 0 Å². The second-order valence-corrected chi connectivity index (χ2v) is 4.42. The predicted molar refractivity (Wildman–Crippen MR) is 70.7 cm³/mol. The van der Waals surface area contributed by atoms with Crippen molar-refractivity contribution in [3.05, 3.63) is 0 Å². The highest BCUT2D eigenvalue weighted by atomic mass is 16.5. The van der Waals surface area contributed by atoms with Crippen molar-refractivity contribution < 1.29 is 4.74 Å². The first-order valence-corrected chi connectivity index (χ1v) is 6.73. The Morgan fingerprint density at radius 1 is 1.06 bits per heavy atom. The van der Waals surface area contributed by atoms with Crippen LogP contribution in [0.25, 0.3) is 0 Å². The molecular formula is C13H30N2O. The Morgan fingerprint density at radius 3 is 2.12 bits per heavy atom. The fourth-order valence-electron chi connectivity index (χ4n) is 2.02. The van der Waals surface area contributed by atoms with Gasteiger partial charge in [-0.3, -0.25) is 0 Å². The van der Waals surface area contributed by atoms with Crippen LogP contribution >= 0.6 is 0 Å². The topological polar surface area (TPSA) is 38.5 Å². The summed E-state index contributed by atoms with van der Waals surface area (Å²) < 4.78 is 5.48. The van der Waals surface area contributed by atoms with E-state index in [2.05, 4.69) is 18.7 Å². The Labute approximate surface area is 101 Å². The van der Waals surface area contributed by atoms with Gasteiger partial charge in [0.2, 0.25) is 0 Å². The molecule has 0 rings (SSSR count). The lowest BCUT2D eigenvalue weighted by Gasteiger charge is -2.23. The van der Waals surface area contributed by atoms with Crippen molar-refractivity contribution in [3.8, 4) is 0 Å². The van der Waals surface area contributed by atoms with Gasteiger partial charge in [-0.1, -0.05) is 13.8 Å². The quantitative estimate of drug-likeness (QED) is 0.591. The number of methoxy groups -OCH3 is 1. The highest BCUT2D eigenvalue weighted by molar-refractivity contribution is 4.63. The number of hydrogen-bond acceptors (Lipinski definition) is 3. The first kappa shape index (κ1) is 15.9. The molecule has 3 nitrogen and oxygen atoms in total. The van der Waals surface area contributed by atoms with E-state index in [0.29, 0.717) is 6.10 Å². The third-order valence-corrected chi connectivity index (χ3v) is 2.91. The first-order valence-electron chi connectivity index (χ1n) is 6.73. The molecule has 0 bridgehead atoms. The van der Waals surface area contributed by atoms with Crippen molar-refractivity contribution in [2.24, 2.45) is 5.73 Å². The Morgan fingerprint density at radius 2 is 1.69 bits per heavy atom. The molecule has 2 N–H and O–H groups in total. The summed E-state index contributed by atoms with van der Waals surface area (Å²) in [5, 5.41) is 0. The molecule has 0 aromatic rings. The van der Waals surface area contributed by atoms with Crippen LogP contribution in [0.15, 0.2) is 0 Å². The third kappa shape index (κ3) is 8.08. The molecule has 0 aromatic carbocycles. The molecule has 0 aliphatic rings. The minimum Gasteiger partial charge on any atom is -0.381 e. The van der Waals surface area contributed by atoms with E-state index in [1.165, 1.54) is 25.9 Å². The fourth-order valence-corrected chi connectivity index (χ4v) is 2.02. The average Bonchev–Trinajstić information content (AvgIpc) is 2.30. The smallest absolute Gasteiger partial charge is 0.0584 e. The standard InChI is InChI=1S/C13H30N2O/c1-4-10-15(11-5-2)12-8-13(16-3)7-6-9-14/h13H,4-12,14H2,1-3H3. The normalized spacial score (nSPS) is 13.3. The Hall–Kier alpha value is -0.120. The van der Waals surface area contributed by atoms with Gasteiger partial charge in [0.25, 0.3) is 0 Å². The molecule has 1 atom stereocenters. The van der Waals surface area contributed by atoms with Gasteiger partial charge < -0.3 is 15.4 Å². The van der Waals surface area contributed by atoms with Crippen molar-refractivity contribution >= 4 is 0 Å². The lowest BCUT2D eigenvalue weighted by atomic mass is 10.1. The Bertz CT molecular complexity index is 136. The lowest BCUT2D eigenvalue weighted by molar-refractivity contribution is 0.0752. The SMILES string of the molecule is CCCN(CCC)CCC(CCCN)OC. The summed E-state index contributed by atoms with van der Waals surface area (Å²) in [4.78, 5) is 2.54. The molecule has 16 heavy (non-hydrogen) atoms. The van der Waals surface area contributed by atoms with Gasteiger partial charge >= 0.3 is 0 Å². The number of ether oxygens (including phenoxy) is 1. The zero-order valence-corrected chi connectivity index (χ0v) is 11.4. The van der Waals surface area contributed by atoms with Crippen LogP contribution in [0.2, 0.25) is 0 Å². The molecule has 0 aliphatic carbocycles. The number of rotatable bonds is 11. The maximum absolute atomic E-state index is 5.52. The van der Waals surface area contributed by atoms with Gasteiger partial charge in [-0.25, -0.2) is 0 Å². The summed E-state index contributed by atoms with van der Waals surface area (Å²) in [5.74, 6) is 0. The van der Waals surface area contributed by atoms with Gasteiger partial charge in [0, 0.05) is 13.7 Å². The van der Waals surface area contributed by atoms with E-state index in [1.54, 1.807) is 0 Å². The fraction of sp³-hybridized carbons (Fsp3) is 1.00. The van der Waals surface area contributed by atoms with Crippen molar-refractivity contribution in [2.45, 2.75) is 52.1 Å². The molecular weight excluding hydrogens is 200 g/mol. The van der Waals surface area contributed by atoms with Crippen LogP contribution in [-0.2, 0) is 4.74 Å². The minimum atomic E-state index is 0.389. The second-order valence-electron chi connectivity index (χ2n) is 4.42. The Balaban J connectivity index is 3.76.